The first kappa shape index (κ1) is 24.4. The van der Waals surface area contributed by atoms with E-state index in [1.165, 1.54) is 21.2 Å². The van der Waals surface area contributed by atoms with Crippen molar-refractivity contribution in [2.24, 2.45) is 5.92 Å². The van der Waals surface area contributed by atoms with Crippen molar-refractivity contribution in [3.8, 4) is 0 Å². The van der Waals surface area contributed by atoms with Crippen molar-refractivity contribution in [1.29, 1.82) is 0 Å². The monoisotopic (exact) mass is 556 g/mol. The Morgan fingerprint density at radius 1 is 1.08 bits per heavy atom. The minimum atomic E-state index is -0.750. The lowest BCUT2D eigenvalue weighted by molar-refractivity contribution is -0.136. The van der Waals surface area contributed by atoms with E-state index in [1.54, 1.807) is 47.6 Å². The molecule has 12 heteroatoms. The maximum absolute atomic E-state index is 13.8. The van der Waals surface area contributed by atoms with Crippen LogP contribution in [0.15, 0.2) is 58.6 Å². The van der Waals surface area contributed by atoms with Crippen LogP contribution in [0.2, 0.25) is 5.02 Å². The molecule has 0 radical (unpaired) electrons. The quantitative estimate of drug-likeness (QED) is 0.455. The van der Waals surface area contributed by atoms with E-state index < -0.39 is 17.1 Å². The second-order valence-electron chi connectivity index (χ2n) is 8.93. The first-order valence-corrected chi connectivity index (χ1v) is 13.8. The van der Waals surface area contributed by atoms with Crippen LogP contribution in [0.5, 0.6) is 0 Å². The van der Waals surface area contributed by atoms with Gasteiger partial charge in [-0.15, -0.1) is 0 Å². The molecular weight excluding hydrogens is 536 g/mol. The van der Waals surface area contributed by atoms with E-state index in [-0.39, 0.29) is 29.1 Å². The van der Waals surface area contributed by atoms with Crippen molar-refractivity contribution in [2.75, 3.05) is 31.2 Å². The maximum Gasteiger partial charge on any atom is 0.308 e. The van der Waals surface area contributed by atoms with Crippen LogP contribution in [0.25, 0.3) is 0 Å². The zero-order valence-corrected chi connectivity index (χ0v) is 21.8. The fourth-order valence-electron chi connectivity index (χ4n) is 5.07. The van der Waals surface area contributed by atoms with E-state index >= 15 is 0 Å². The van der Waals surface area contributed by atoms with Crippen molar-refractivity contribution in [2.45, 2.75) is 22.7 Å². The highest BCUT2D eigenvalue weighted by Gasteiger charge is 2.56. The number of thiazole rings is 1. The fraction of sp³-hybridized carbons (Fsp3) is 0.320. The van der Waals surface area contributed by atoms with Crippen molar-refractivity contribution >= 4 is 58.1 Å². The number of rotatable bonds is 4. The van der Waals surface area contributed by atoms with Gasteiger partial charge in [0.25, 0.3) is 0 Å². The average molecular weight is 557 g/mol. The summed E-state index contributed by atoms with van der Waals surface area (Å²) in [7, 11) is 0. The topological polar surface area (TPSA) is 102 Å². The van der Waals surface area contributed by atoms with Gasteiger partial charge in [-0.05, 0) is 35.9 Å². The summed E-state index contributed by atoms with van der Waals surface area (Å²) < 4.78 is 6.78. The number of aromatic nitrogens is 2. The van der Waals surface area contributed by atoms with Gasteiger partial charge in [0.2, 0.25) is 17.7 Å². The molecule has 37 heavy (non-hydrogen) atoms. The van der Waals surface area contributed by atoms with E-state index in [4.69, 9.17) is 16.3 Å². The molecule has 3 aliphatic rings. The Kier molecular flexibility index (Phi) is 6.39. The van der Waals surface area contributed by atoms with E-state index in [0.717, 1.165) is 16.9 Å². The summed E-state index contributed by atoms with van der Waals surface area (Å²) >= 11 is 8.24. The lowest BCUT2D eigenvalue weighted by Gasteiger charge is -2.31. The lowest BCUT2D eigenvalue weighted by atomic mass is 9.84. The minimum Gasteiger partial charge on any atom is -0.378 e. The number of thioether (sulfide) groups is 1. The fourth-order valence-corrected chi connectivity index (χ4v) is 7.97. The average Bonchev–Trinajstić information content (AvgIpc) is 3.36. The summed E-state index contributed by atoms with van der Waals surface area (Å²) in [6, 6.07) is 10.2. The zero-order chi connectivity index (χ0) is 25.7. The summed E-state index contributed by atoms with van der Waals surface area (Å²) in [5.41, 5.74) is 1.19. The molecule has 3 aliphatic heterocycles. The van der Waals surface area contributed by atoms with Gasteiger partial charge in [0.1, 0.15) is 11.8 Å². The first-order chi connectivity index (χ1) is 17.9. The zero-order valence-electron chi connectivity index (χ0n) is 19.4. The summed E-state index contributed by atoms with van der Waals surface area (Å²) in [6.07, 6.45) is 3.30. The Balaban J connectivity index is 1.42. The number of morpholine rings is 1. The lowest BCUT2D eigenvalue weighted by Crippen LogP contribution is -2.43. The van der Waals surface area contributed by atoms with Crippen LogP contribution < -0.4 is 9.77 Å². The number of hydrogen-bond acceptors (Lipinski definition) is 8. The number of imide groups is 1. The molecule has 3 aromatic rings. The highest BCUT2D eigenvalue weighted by atomic mass is 35.5. The van der Waals surface area contributed by atoms with Crippen molar-refractivity contribution in [3.63, 3.8) is 0 Å². The number of amides is 3. The highest BCUT2D eigenvalue weighted by molar-refractivity contribution is 8.00. The Morgan fingerprint density at radius 3 is 2.54 bits per heavy atom. The predicted molar refractivity (Wildman–Crippen MR) is 139 cm³/mol. The van der Waals surface area contributed by atoms with Crippen molar-refractivity contribution in [3.05, 3.63) is 73.9 Å². The van der Waals surface area contributed by atoms with Crippen LogP contribution >= 0.6 is 34.7 Å². The number of ether oxygens (including phenoxy) is 1. The summed E-state index contributed by atoms with van der Waals surface area (Å²) in [5.74, 6) is -2.12. The van der Waals surface area contributed by atoms with Crippen LogP contribution in [0.4, 0.5) is 5.69 Å². The second kappa shape index (κ2) is 9.71. The first-order valence-electron chi connectivity index (χ1n) is 11.7. The number of benzene rings is 1. The number of carbonyl (C=O) groups is 3. The van der Waals surface area contributed by atoms with Gasteiger partial charge in [0, 0.05) is 41.3 Å². The third-order valence-electron chi connectivity index (χ3n) is 6.83. The standard InChI is InChI=1S/C25H21ClN4O5S2/c26-15-3-5-16(6-4-15)30-22(32)19-18(14-2-1-7-27-12-14)21-24(36-20(19)23(30)33)29(25(34)37-21)13-17(31)28-8-10-35-11-9-28/h1-7,12,18-20H,8-11,13H2/t18-,19?,20?/m0/s1. The van der Waals surface area contributed by atoms with Gasteiger partial charge in [-0.1, -0.05) is 40.8 Å². The Bertz CT molecular complexity index is 1440. The van der Waals surface area contributed by atoms with Crippen LogP contribution in [0.3, 0.4) is 0 Å². The highest BCUT2D eigenvalue weighted by Crippen LogP contribution is 2.53. The number of hydrogen-bond donors (Lipinski definition) is 0. The van der Waals surface area contributed by atoms with Crippen LogP contribution in [0, 0.1) is 5.92 Å². The van der Waals surface area contributed by atoms with E-state index in [0.29, 0.717) is 46.9 Å². The number of nitrogens with zero attached hydrogens (tertiary/aromatic N) is 4. The molecule has 6 rings (SSSR count). The predicted octanol–water partition coefficient (Wildman–Crippen LogP) is 2.61. The van der Waals surface area contributed by atoms with Crippen LogP contribution in [-0.4, -0.2) is 63.7 Å². The Labute approximate surface area is 225 Å². The second-order valence-corrected chi connectivity index (χ2v) is 11.5. The molecular formula is C25H21ClN4O5S2. The molecule has 2 unspecified atom stereocenters. The van der Waals surface area contributed by atoms with Gasteiger partial charge < -0.3 is 9.64 Å². The molecule has 3 amide bonds. The molecule has 3 atom stereocenters. The molecule has 0 bridgehead atoms. The Morgan fingerprint density at radius 2 is 1.84 bits per heavy atom. The molecule has 5 heterocycles. The molecule has 190 valence electrons. The van der Waals surface area contributed by atoms with Gasteiger partial charge in [0.15, 0.2) is 0 Å². The van der Waals surface area contributed by atoms with Gasteiger partial charge in [-0.2, -0.15) is 0 Å². The molecule has 0 aliphatic carbocycles. The molecule has 0 N–H and O–H groups in total. The molecule has 9 nitrogen and oxygen atoms in total. The molecule has 0 spiro atoms. The minimum absolute atomic E-state index is 0.127. The Hall–Kier alpha value is -2.99. The van der Waals surface area contributed by atoms with Crippen LogP contribution in [0.1, 0.15) is 16.4 Å². The van der Waals surface area contributed by atoms with Crippen molar-refractivity contribution < 1.29 is 19.1 Å². The third kappa shape index (κ3) is 4.19. The molecule has 2 saturated heterocycles. The summed E-state index contributed by atoms with van der Waals surface area (Å²) in [4.78, 5) is 61.2. The van der Waals surface area contributed by atoms with E-state index in [2.05, 4.69) is 4.98 Å². The molecule has 0 saturated carbocycles. The normalized spacial score (nSPS) is 23.2. The molecule has 1 aromatic carbocycles. The smallest absolute Gasteiger partial charge is 0.308 e. The summed E-state index contributed by atoms with van der Waals surface area (Å²) in [5, 5.41) is 0.310. The van der Waals surface area contributed by atoms with Crippen molar-refractivity contribution in [1.82, 2.24) is 14.5 Å². The van der Waals surface area contributed by atoms with Gasteiger partial charge in [-0.25, -0.2) is 4.90 Å². The van der Waals surface area contributed by atoms with Gasteiger partial charge in [-0.3, -0.25) is 28.7 Å². The van der Waals surface area contributed by atoms with Crippen LogP contribution in [-0.2, 0) is 25.7 Å². The van der Waals surface area contributed by atoms with E-state index in [1.807, 2.05) is 6.07 Å². The number of carbonyl (C=O) groups excluding carboxylic acids is 3. The summed E-state index contributed by atoms with van der Waals surface area (Å²) in [6.45, 7) is 1.73. The number of halogens is 1. The third-order valence-corrected chi connectivity index (χ3v) is 9.69. The van der Waals surface area contributed by atoms with Gasteiger partial charge >= 0.3 is 4.87 Å². The maximum atomic E-state index is 13.8. The molecule has 2 fully saturated rings. The SMILES string of the molecule is O=C(Cn1c2c(sc1=O)[C@@H](c1cccnc1)C1C(=O)N(c3ccc(Cl)cc3)C(=O)C1S2)N1CCOCC1. The number of anilines is 1. The van der Waals surface area contributed by atoms with Gasteiger partial charge in [0.05, 0.1) is 29.8 Å². The van der Waals surface area contributed by atoms with E-state index in [9.17, 15) is 19.2 Å². The number of pyridine rings is 1. The molecule has 2 aromatic heterocycles. The largest absolute Gasteiger partial charge is 0.378 e. The number of fused-ring (bicyclic) bond motifs is 2.